The number of alkyl halides is 2. The molecule has 4 aromatic rings. The van der Waals surface area contributed by atoms with Gasteiger partial charge in [-0.25, -0.2) is 27.7 Å². The predicted octanol–water partition coefficient (Wildman–Crippen LogP) is 2.47. The van der Waals surface area contributed by atoms with Crippen molar-refractivity contribution in [3.8, 4) is 11.3 Å². The number of fused-ring (bicyclic) bond motifs is 2. The van der Waals surface area contributed by atoms with Gasteiger partial charge in [0.1, 0.15) is 22.9 Å². The third-order valence-corrected chi connectivity index (χ3v) is 5.94. The fourth-order valence-electron chi connectivity index (χ4n) is 4.32. The number of aromatic nitrogens is 6. The number of halogens is 3. The highest BCUT2D eigenvalue weighted by Gasteiger charge is 2.28. The predicted molar refractivity (Wildman–Crippen MR) is 119 cm³/mol. The van der Waals surface area contributed by atoms with Crippen LogP contribution in [0.4, 0.5) is 24.9 Å². The minimum absolute atomic E-state index is 0.0211. The van der Waals surface area contributed by atoms with E-state index in [9.17, 15) is 13.6 Å². The number of hydrogen-bond acceptors (Lipinski definition) is 7. The first-order valence-electron chi connectivity index (χ1n) is 10.7. The number of amides is 1. The molecule has 5 heterocycles. The van der Waals surface area contributed by atoms with E-state index in [-0.39, 0.29) is 40.1 Å². The lowest BCUT2D eigenvalue weighted by Gasteiger charge is -2.29. The summed E-state index contributed by atoms with van der Waals surface area (Å²) in [5.41, 5.74) is 7.21. The van der Waals surface area contributed by atoms with Crippen molar-refractivity contribution in [1.82, 2.24) is 34.0 Å². The number of anilines is 2. The van der Waals surface area contributed by atoms with Gasteiger partial charge in [0.2, 0.25) is 11.9 Å². The Kier molecular flexibility index (Phi) is 5.25. The maximum Gasteiger partial charge on any atom is 0.256 e. The van der Waals surface area contributed by atoms with Gasteiger partial charge in [0.05, 0.1) is 24.0 Å². The van der Waals surface area contributed by atoms with Crippen LogP contribution in [0.1, 0.15) is 18.7 Å². The van der Waals surface area contributed by atoms with Crippen LogP contribution in [0.2, 0.25) is 0 Å². The number of aryl methyl sites for hydroxylation is 1. The Labute approximate surface area is 191 Å². The van der Waals surface area contributed by atoms with Crippen LogP contribution in [-0.2, 0) is 11.3 Å². The number of nitrogens with two attached hydrogens (primary N) is 1. The molecule has 178 valence electrons. The number of carbonyl (C=O) groups is 1. The van der Waals surface area contributed by atoms with Gasteiger partial charge in [-0.3, -0.25) is 4.79 Å². The molecule has 1 amide bonds. The molecule has 1 aliphatic heterocycles. The average Bonchev–Trinajstić information content (AvgIpc) is 3.27. The first-order valence-corrected chi connectivity index (χ1v) is 10.7. The molecule has 34 heavy (non-hydrogen) atoms. The Bertz CT molecular complexity index is 1410. The fourth-order valence-corrected chi connectivity index (χ4v) is 4.32. The van der Waals surface area contributed by atoms with E-state index >= 15 is 4.39 Å². The molecule has 10 nitrogen and oxygen atoms in total. The van der Waals surface area contributed by atoms with E-state index in [1.54, 1.807) is 31.0 Å². The second kappa shape index (κ2) is 8.15. The first-order chi connectivity index (χ1) is 16.2. The van der Waals surface area contributed by atoms with Gasteiger partial charge in [0.25, 0.3) is 6.43 Å². The molecule has 0 bridgehead atoms. The minimum Gasteiger partial charge on any atom is -0.382 e. The van der Waals surface area contributed by atoms with Crippen molar-refractivity contribution in [3.05, 3.63) is 30.0 Å². The lowest BCUT2D eigenvalue weighted by Crippen LogP contribution is -2.45. The van der Waals surface area contributed by atoms with E-state index in [1.165, 1.54) is 9.08 Å². The van der Waals surface area contributed by atoms with Crippen LogP contribution in [0, 0.1) is 12.7 Å². The Morgan fingerprint density at radius 1 is 1.26 bits per heavy atom. The molecule has 0 spiro atoms. The second-order valence-electron chi connectivity index (χ2n) is 8.26. The highest BCUT2D eigenvalue weighted by molar-refractivity contribution is 5.89. The van der Waals surface area contributed by atoms with Crippen LogP contribution in [0.3, 0.4) is 0 Å². The van der Waals surface area contributed by atoms with E-state index in [4.69, 9.17) is 5.73 Å². The topological polar surface area (TPSA) is 119 Å². The molecule has 0 radical (unpaired) electrons. The summed E-state index contributed by atoms with van der Waals surface area (Å²) in [6.45, 7) is 1.71. The highest BCUT2D eigenvalue weighted by atomic mass is 19.3. The zero-order valence-electron chi connectivity index (χ0n) is 18.5. The molecule has 1 aliphatic rings. The van der Waals surface area contributed by atoms with Crippen LogP contribution >= 0.6 is 0 Å². The second-order valence-corrected chi connectivity index (χ2v) is 8.26. The Balaban J connectivity index is 1.56. The molecule has 13 heteroatoms. The molecule has 0 aromatic carbocycles. The van der Waals surface area contributed by atoms with E-state index in [0.717, 1.165) is 12.6 Å². The molecule has 1 atom stereocenters. The molecule has 1 fully saturated rings. The minimum atomic E-state index is -2.60. The monoisotopic (exact) mass is 473 g/mol. The molecular formula is C21H22F3N9O. The quantitative estimate of drug-likeness (QED) is 0.457. The van der Waals surface area contributed by atoms with Gasteiger partial charge in [-0.2, -0.15) is 4.98 Å². The number of nitrogen functional groups attached to an aromatic ring is 1. The molecule has 0 unspecified atom stereocenters. The number of piperidine rings is 1. The average molecular weight is 473 g/mol. The molecule has 3 N–H and O–H groups in total. The summed E-state index contributed by atoms with van der Waals surface area (Å²) >= 11 is 0. The van der Waals surface area contributed by atoms with Crippen LogP contribution in [0.15, 0.2) is 18.3 Å². The maximum atomic E-state index is 15.1. The molecule has 0 saturated carbocycles. The van der Waals surface area contributed by atoms with Gasteiger partial charge < -0.3 is 20.5 Å². The van der Waals surface area contributed by atoms with Gasteiger partial charge >= 0.3 is 0 Å². The zero-order chi connectivity index (χ0) is 24.1. The largest absolute Gasteiger partial charge is 0.382 e. The summed E-state index contributed by atoms with van der Waals surface area (Å²) < 4.78 is 43.7. The fraction of sp³-hybridized carbons (Fsp3) is 0.381. The Morgan fingerprint density at radius 2 is 2.06 bits per heavy atom. The van der Waals surface area contributed by atoms with Crippen molar-refractivity contribution in [1.29, 1.82) is 0 Å². The lowest BCUT2D eigenvalue weighted by molar-refractivity contribution is -0.132. The van der Waals surface area contributed by atoms with Crippen molar-refractivity contribution in [2.24, 2.45) is 0 Å². The summed E-state index contributed by atoms with van der Waals surface area (Å²) in [6.07, 6.45) is -0.0170. The Hall–Kier alpha value is -3.90. The van der Waals surface area contributed by atoms with E-state index in [1.807, 2.05) is 0 Å². The normalized spacial score (nSPS) is 16.8. The summed E-state index contributed by atoms with van der Waals surface area (Å²) in [4.78, 5) is 26.9. The molecular weight excluding hydrogens is 451 g/mol. The standard InChI is InChI=1S/C21H22F3N9O/c1-10-26-13-6-5-12(27-19(13)32(10)9-15(23)24)16-11(22)8-33-17(16)18(25)29-21(30-33)28-14-4-3-7-31(2)20(14)34/h5-6,8,14-15H,3-4,7,9H2,1-2H3,(H3,25,28,29,30)/t14-/m1/s1. The number of carbonyl (C=O) groups excluding carboxylic acids is 1. The number of nitrogens with one attached hydrogen (secondary N) is 1. The zero-order valence-corrected chi connectivity index (χ0v) is 18.5. The number of imidazole rings is 1. The van der Waals surface area contributed by atoms with Crippen molar-refractivity contribution in [2.75, 3.05) is 24.6 Å². The van der Waals surface area contributed by atoms with Crippen molar-refractivity contribution >= 4 is 34.4 Å². The molecule has 1 saturated heterocycles. The number of likely N-dealkylation sites (tertiary alicyclic amines) is 1. The summed E-state index contributed by atoms with van der Waals surface area (Å²) in [7, 11) is 1.72. The third-order valence-electron chi connectivity index (χ3n) is 5.94. The molecule has 0 aliphatic carbocycles. The van der Waals surface area contributed by atoms with Gasteiger partial charge in [-0.15, -0.1) is 5.10 Å². The SMILES string of the molecule is Cc1nc2ccc(-c3c(F)cn4nc(N[C@@H]5CCCN(C)C5=O)nc(N)c34)nc2n1CC(F)F. The number of likely N-dealkylation sites (N-methyl/N-ethyl adjacent to an activating group) is 1. The molecule has 5 rings (SSSR count). The number of rotatable bonds is 5. The van der Waals surface area contributed by atoms with Crippen molar-refractivity contribution < 1.29 is 18.0 Å². The highest BCUT2D eigenvalue weighted by Crippen LogP contribution is 2.32. The van der Waals surface area contributed by atoms with E-state index < -0.39 is 24.8 Å². The number of pyridine rings is 1. The number of hydrogen-bond donors (Lipinski definition) is 2. The summed E-state index contributed by atoms with van der Waals surface area (Å²) in [5.74, 6) is -0.290. The van der Waals surface area contributed by atoms with Gasteiger partial charge in [0.15, 0.2) is 17.3 Å². The number of nitrogens with zero attached hydrogens (tertiary/aromatic N) is 7. The van der Waals surface area contributed by atoms with Crippen molar-refractivity contribution in [3.63, 3.8) is 0 Å². The van der Waals surface area contributed by atoms with E-state index in [2.05, 4.69) is 25.4 Å². The first kappa shape index (κ1) is 21.9. The lowest BCUT2D eigenvalue weighted by atomic mass is 10.1. The van der Waals surface area contributed by atoms with Crippen LogP contribution < -0.4 is 11.1 Å². The van der Waals surface area contributed by atoms with Crippen LogP contribution in [0.25, 0.3) is 27.9 Å². The van der Waals surface area contributed by atoms with Gasteiger partial charge in [-0.05, 0) is 31.9 Å². The summed E-state index contributed by atoms with van der Waals surface area (Å²) in [5, 5.41) is 7.26. The van der Waals surface area contributed by atoms with Crippen molar-refractivity contribution in [2.45, 2.75) is 38.8 Å². The van der Waals surface area contributed by atoms with Crippen LogP contribution in [0.5, 0.6) is 0 Å². The van der Waals surface area contributed by atoms with E-state index in [0.29, 0.717) is 24.3 Å². The smallest absolute Gasteiger partial charge is 0.256 e. The third kappa shape index (κ3) is 3.66. The van der Waals surface area contributed by atoms with Gasteiger partial charge in [0, 0.05) is 13.6 Å². The maximum absolute atomic E-state index is 15.1. The summed E-state index contributed by atoms with van der Waals surface area (Å²) in [6, 6.07) is 2.63. The van der Waals surface area contributed by atoms with Crippen LogP contribution in [-0.4, -0.2) is 66.0 Å². The Morgan fingerprint density at radius 3 is 2.82 bits per heavy atom. The van der Waals surface area contributed by atoms with Gasteiger partial charge in [-0.1, -0.05) is 0 Å². The molecule has 4 aromatic heterocycles.